The fraction of sp³-hybridized carbons (Fsp3) is 0.727. The van der Waals surface area contributed by atoms with E-state index >= 15 is 0 Å². The Hall–Kier alpha value is -0.610. The van der Waals surface area contributed by atoms with Crippen molar-refractivity contribution in [1.82, 2.24) is 4.98 Å². The number of aromatic nitrogens is 1. The van der Waals surface area contributed by atoms with E-state index in [1.165, 1.54) is 11.3 Å². The second kappa shape index (κ2) is 6.80. The molecule has 15 heavy (non-hydrogen) atoms. The van der Waals surface area contributed by atoms with Crippen molar-refractivity contribution in [2.24, 2.45) is 0 Å². The third-order valence-corrected chi connectivity index (χ3v) is 3.02. The molecule has 0 spiro atoms. The van der Waals surface area contributed by atoms with Crippen LogP contribution in [0.5, 0.6) is 0 Å². The van der Waals surface area contributed by atoms with Gasteiger partial charge in [0, 0.05) is 12.7 Å². The van der Waals surface area contributed by atoms with E-state index in [0.29, 0.717) is 12.7 Å². The van der Waals surface area contributed by atoms with Gasteiger partial charge < -0.3 is 10.1 Å². The number of anilines is 1. The van der Waals surface area contributed by atoms with Crippen LogP contribution in [0.3, 0.4) is 0 Å². The number of thiazole rings is 1. The molecule has 86 valence electrons. The molecular weight excluding hydrogens is 208 g/mol. The highest BCUT2D eigenvalue weighted by molar-refractivity contribution is 7.15. The van der Waals surface area contributed by atoms with E-state index in [-0.39, 0.29) is 0 Å². The molecule has 1 heterocycles. The summed E-state index contributed by atoms with van der Waals surface area (Å²) >= 11 is 1.67. The van der Waals surface area contributed by atoms with Gasteiger partial charge in [0.2, 0.25) is 0 Å². The van der Waals surface area contributed by atoms with Crippen LogP contribution in [0, 0.1) is 0 Å². The molecule has 0 saturated heterocycles. The zero-order valence-corrected chi connectivity index (χ0v) is 10.6. The van der Waals surface area contributed by atoms with Crippen molar-refractivity contribution in [2.45, 2.75) is 46.3 Å². The van der Waals surface area contributed by atoms with Crippen molar-refractivity contribution < 1.29 is 4.74 Å². The van der Waals surface area contributed by atoms with Gasteiger partial charge in [-0.15, -0.1) is 0 Å². The van der Waals surface area contributed by atoms with Gasteiger partial charge in [0.25, 0.3) is 0 Å². The number of nitrogens with zero attached hydrogens (tertiary/aromatic N) is 1. The molecule has 0 radical (unpaired) electrons. The standard InChI is InChI=1S/C11H20N2OS/c1-4-6-9(3)14-8-10-7-13-11(15-10)12-5-2/h7,9H,4-6,8H2,1-3H3,(H,12,13). The summed E-state index contributed by atoms with van der Waals surface area (Å²) in [6, 6.07) is 0. The number of hydrogen-bond acceptors (Lipinski definition) is 4. The molecule has 0 aromatic carbocycles. The molecular formula is C11H20N2OS. The van der Waals surface area contributed by atoms with Crippen molar-refractivity contribution in [3.8, 4) is 0 Å². The predicted octanol–water partition coefficient (Wildman–Crippen LogP) is 3.28. The summed E-state index contributed by atoms with van der Waals surface area (Å²) in [5, 5.41) is 4.18. The Morgan fingerprint density at radius 3 is 3.00 bits per heavy atom. The van der Waals surface area contributed by atoms with Crippen LogP contribution in [0.1, 0.15) is 38.5 Å². The van der Waals surface area contributed by atoms with E-state index in [1.54, 1.807) is 11.3 Å². The average Bonchev–Trinajstić information content (AvgIpc) is 2.64. The molecule has 1 aromatic rings. The van der Waals surface area contributed by atoms with Gasteiger partial charge in [-0.3, -0.25) is 0 Å². The van der Waals surface area contributed by atoms with Gasteiger partial charge in [-0.2, -0.15) is 0 Å². The van der Waals surface area contributed by atoms with Gasteiger partial charge in [0.1, 0.15) is 0 Å². The first-order valence-electron chi connectivity index (χ1n) is 5.56. The largest absolute Gasteiger partial charge is 0.373 e. The molecule has 0 amide bonds. The smallest absolute Gasteiger partial charge is 0.182 e. The van der Waals surface area contributed by atoms with Gasteiger partial charge >= 0.3 is 0 Å². The van der Waals surface area contributed by atoms with Crippen LogP contribution in [-0.4, -0.2) is 17.6 Å². The first-order valence-corrected chi connectivity index (χ1v) is 6.38. The number of nitrogens with one attached hydrogen (secondary N) is 1. The van der Waals surface area contributed by atoms with Gasteiger partial charge in [-0.25, -0.2) is 4.98 Å². The molecule has 1 atom stereocenters. The lowest BCUT2D eigenvalue weighted by molar-refractivity contribution is 0.0487. The van der Waals surface area contributed by atoms with Gasteiger partial charge in [0.05, 0.1) is 17.6 Å². The van der Waals surface area contributed by atoms with E-state index < -0.39 is 0 Å². The maximum absolute atomic E-state index is 5.70. The maximum Gasteiger partial charge on any atom is 0.182 e. The fourth-order valence-corrected chi connectivity index (χ4v) is 2.12. The minimum atomic E-state index is 0.347. The second-order valence-electron chi connectivity index (χ2n) is 3.57. The summed E-state index contributed by atoms with van der Waals surface area (Å²) in [7, 11) is 0. The van der Waals surface area contributed by atoms with E-state index in [0.717, 1.165) is 18.1 Å². The van der Waals surface area contributed by atoms with Crippen LogP contribution in [0.15, 0.2) is 6.20 Å². The van der Waals surface area contributed by atoms with Crippen molar-refractivity contribution in [3.63, 3.8) is 0 Å². The van der Waals surface area contributed by atoms with Crippen molar-refractivity contribution in [1.29, 1.82) is 0 Å². The molecule has 1 N–H and O–H groups in total. The third-order valence-electron chi connectivity index (χ3n) is 2.09. The molecule has 0 fully saturated rings. The number of ether oxygens (including phenoxy) is 1. The van der Waals surface area contributed by atoms with Crippen LogP contribution in [0.2, 0.25) is 0 Å². The Bertz CT molecular complexity index is 275. The molecule has 4 heteroatoms. The van der Waals surface area contributed by atoms with Gasteiger partial charge in [0.15, 0.2) is 5.13 Å². The van der Waals surface area contributed by atoms with Crippen molar-refractivity contribution in [2.75, 3.05) is 11.9 Å². The molecule has 0 aliphatic carbocycles. The third kappa shape index (κ3) is 4.62. The highest BCUT2D eigenvalue weighted by Crippen LogP contribution is 2.19. The van der Waals surface area contributed by atoms with E-state index in [2.05, 4.69) is 31.1 Å². The molecule has 0 aliphatic rings. The zero-order chi connectivity index (χ0) is 11.1. The van der Waals surface area contributed by atoms with E-state index in [9.17, 15) is 0 Å². The lowest BCUT2D eigenvalue weighted by atomic mass is 10.2. The van der Waals surface area contributed by atoms with E-state index in [4.69, 9.17) is 4.74 Å². The highest BCUT2D eigenvalue weighted by Gasteiger charge is 2.04. The Labute approximate surface area is 95.9 Å². The topological polar surface area (TPSA) is 34.1 Å². The maximum atomic E-state index is 5.70. The zero-order valence-electron chi connectivity index (χ0n) is 9.75. The molecule has 3 nitrogen and oxygen atoms in total. The van der Waals surface area contributed by atoms with Crippen LogP contribution < -0.4 is 5.32 Å². The highest BCUT2D eigenvalue weighted by atomic mass is 32.1. The normalized spacial score (nSPS) is 12.7. The van der Waals surface area contributed by atoms with Crippen molar-refractivity contribution in [3.05, 3.63) is 11.1 Å². The Morgan fingerprint density at radius 2 is 2.33 bits per heavy atom. The van der Waals surface area contributed by atoms with Crippen LogP contribution in [0.4, 0.5) is 5.13 Å². The Balaban J connectivity index is 2.30. The summed E-state index contributed by atoms with van der Waals surface area (Å²) in [6.07, 6.45) is 4.53. The quantitative estimate of drug-likeness (QED) is 0.777. The first kappa shape index (κ1) is 12.5. The van der Waals surface area contributed by atoms with Crippen molar-refractivity contribution >= 4 is 16.5 Å². The van der Waals surface area contributed by atoms with Gasteiger partial charge in [-0.1, -0.05) is 24.7 Å². The summed E-state index contributed by atoms with van der Waals surface area (Å²) in [5.74, 6) is 0. The second-order valence-corrected chi connectivity index (χ2v) is 4.69. The fourth-order valence-electron chi connectivity index (χ4n) is 1.32. The SMILES string of the molecule is CCCC(C)OCc1cnc(NCC)s1. The number of rotatable bonds is 7. The lowest BCUT2D eigenvalue weighted by Crippen LogP contribution is -2.06. The molecule has 0 saturated carbocycles. The number of hydrogen-bond donors (Lipinski definition) is 1. The summed E-state index contributed by atoms with van der Waals surface area (Å²) in [4.78, 5) is 5.45. The minimum absolute atomic E-state index is 0.347. The lowest BCUT2D eigenvalue weighted by Gasteiger charge is -2.09. The Kier molecular flexibility index (Phi) is 5.65. The molecule has 0 aliphatic heterocycles. The monoisotopic (exact) mass is 228 g/mol. The average molecular weight is 228 g/mol. The molecule has 1 unspecified atom stereocenters. The molecule has 0 bridgehead atoms. The van der Waals surface area contributed by atoms with Gasteiger partial charge in [-0.05, 0) is 20.3 Å². The molecule has 1 aromatic heterocycles. The first-order chi connectivity index (χ1) is 7.26. The van der Waals surface area contributed by atoms with Crippen LogP contribution in [-0.2, 0) is 11.3 Å². The summed E-state index contributed by atoms with van der Waals surface area (Å²) in [6.45, 7) is 7.97. The van der Waals surface area contributed by atoms with E-state index in [1.807, 2.05) is 6.20 Å². The van der Waals surface area contributed by atoms with Crippen LogP contribution in [0.25, 0.3) is 0 Å². The summed E-state index contributed by atoms with van der Waals surface area (Å²) < 4.78 is 5.70. The predicted molar refractivity (Wildman–Crippen MR) is 65.4 cm³/mol. The summed E-state index contributed by atoms with van der Waals surface area (Å²) in [5.41, 5.74) is 0. The van der Waals surface area contributed by atoms with Crippen LogP contribution >= 0.6 is 11.3 Å². The minimum Gasteiger partial charge on any atom is -0.373 e. The molecule has 1 rings (SSSR count). The Morgan fingerprint density at radius 1 is 1.53 bits per heavy atom.